The fourth-order valence-electron chi connectivity index (χ4n) is 3.40. The third-order valence-corrected chi connectivity index (χ3v) is 4.74. The number of methoxy groups -OCH3 is 1. The second kappa shape index (κ2) is 6.98. The van der Waals surface area contributed by atoms with Gasteiger partial charge in [-0.05, 0) is 37.8 Å². The standard InChI is InChI=1S/C17H23N3O3/c1-23-17(22)13-6-11-20(12-7-13)16(21)14-5-4-8-18-15(14)19-9-2-3-10-19/h4-5,8,13H,2-3,6-7,9-12H2,1H3. The highest BCUT2D eigenvalue weighted by Crippen LogP contribution is 2.25. The van der Waals surface area contributed by atoms with Gasteiger partial charge in [0.05, 0.1) is 18.6 Å². The molecule has 124 valence electrons. The summed E-state index contributed by atoms with van der Waals surface area (Å²) >= 11 is 0. The molecule has 6 heteroatoms. The number of aromatic nitrogens is 1. The van der Waals surface area contributed by atoms with Gasteiger partial charge >= 0.3 is 5.97 Å². The minimum absolute atomic E-state index is 0.0170. The van der Waals surface area contributed by atoms with E-state index in [2.05, 4.69) is 9.88 Å². The molecule has 0 atom stereocenters. The Hall–Kier alpha value is -2.11. The average Bonchev–Trinajstić information content (AvgIpc) is 3.15. The summed E-state index contributed by atoms with van der Waals surface area (Å²) in [6, 6.07) is 3.67. The molecule has 0 aromatic carbocycles. The number of carbonyl (C=O) groups excluding carboxylic acids is 2. The van der Waals surface area contributed by atoms with Gasteiger partial charge in [0.2, 0.25) is 0 Å². The largest absolute Gasteiger partial charge is 0.469 e. The number of amides is 1. The molecule has 23 heavy (non-hydrogen) atoms. The van der Waals surface area contributed by atoms with Gasteiger partial charge in [0.1, 0.15) is 5.82 Å². The summed E-state index contributed by atoms with van der Waals surface area (Å²) in [5.74, 6) is 0.556. The molecule has 3 heterocycles. The Balaban J connectivity index is 1.71. The number of ether oxygens (including phenoxy) is 1. The van der Waals surface area contributed by atoms with E-state index >= 15 is 0 Å². The maximum atomic E-state index is 12.9. The van der Waals surface area contributed by atoms with Crippen molar-refractivity contribution in [2.75, 3.05) is 38.2 Å². The minimum atomic E-state index is -0.170. The van der Waals surface area contributed by atoms with Gasteiger partial charge in [0.15, 0.2) is 0 Å². The van der Waals surface area contributed by atoms with Crippen LogP contribution in [0.2, 0.25) is 0 Å². The highest BCUT2D eigenvalue weighted by Gasteiger charge is 2.30. The van der Waals surface area contributed by atoms with Crippen LogP contribution < -0.4 is 4.90 Å². The van der Waals surface area contributed by atoms with Gasteiger partial charge in [-0.1, -0.05) is 0 Å². The molecule has 0 unspecified atom stereocenters. The van der Waals surface area contributed by atoms with Crippen LogP contribution in [-0.4, -0.2) is 55.0 Å². The lowest BCUT2D eigenvalue weighted by Crippen LogP contribution is -2.41. The van der Waals surface area contributed by atoms with E-state index in [-0.39, 0.29) is 17.8 Å². The van der Waals surface area contributed by atoms with Crippen LogP contribution in [-0.2, 0) is 9.53 Å². The van der Waals surface area contributed by atoms with Crippen LogP contribution in [0.1, 0.15) is 36.0 Å². The zero-order chi connectivity index (χ0) is 16.2. The highest BCUT2D eigenvalue weighted by atomic mass is 16.5. The summed E-state index contributed by atoms with van der Waals surface area (Å²) in [6.07, 6.45) is 5.37. The summed E-state index contributed by atoms with van der Waals surface area (Å²) in [6.45, 7) is 3.10. The topological polar surface area (TPSA) is 62.7 Å². The van der Waals surface area contributed by atoms with E-state index in [1.807, 2.05) is 17.0 Å². The molecular formula is C17H23N3O3. The molecule has 0 saturated carbocycles. The van der Waals surface area contributed by atoms with Crippen LogP contribution >= 0.6 is 0 Å². The molecular weight excluding hydrogens is 294 g/mol. The average molecular weight is 317 g/mol. The van der Waals surface area contributed by atoms with Gasteiger partial charge in [-0.2, -0.15) is 0 Å². The van der Waals surface area contributed by atoms with Crippen LogP contribution in [0.3, 0.4) is 0 Å². The second-order valence-electron chi connectivity index (χ2n) is 6.16. The summed E-state index contributed by atoms with van der Waals surface area (Å²) < 4.78 is 4.80. The van der Waals surface area contributed by atoms with Crippen LogP contribution in [0.5, 0.6) is 0 Å². The molecule has 2 aliphatic heterocycles. The number of likely N-dealkylation sites (tertiary alicyclic amines) is 1. The van der Waals surface area contributed by atoms with Crippen molar-refractivity contribution in [3.05, 3.63) is 23.9 Å². The van der Waals surface area contributed by atoms with E-state index in [9.17, 15) is 9.59 Å². The Morgan fingerprint density at radius 1 is 1.17 bits per heavy atom. The molecule has 0 spiro atoms. The quantitative estimate of drug-likeness (QED) is 0.794. The smallest absolute Gasteiger partial charge is 0.308 e. The maximum absolute atomic E-state index is 12.9. The first kappa shape index (κ1) is 15.8. The first-order chi connectivity index (χ1) is 11.2. The van der Waals surface area contributed by atoms with E-state index in [4.69, 9.17) is 4.74 Å². The zero-order valence-electron chi connectivity index (χ0n) is 13.5. The molecule has 2 saturated heterocycles. The molecule has 1 aromatic rings. The van der Waals surface area contributed by atoms with E-state index in [0.29, 0.717) is 31.5 Å². The van der Waals surface area contributed by atoms with Gasteiger partial charge in [0.25, 0.3) is 5.91 Å². The predicted molar refractivity (Wildman–Crippen MR) is 86.3 cm³/mol. The lowest BCUT2D eigenvalue weighted by atomic mass is 9.96. The predicted octanol–water partition coefficient (Wildman–Crippen LogP) is 1.71. The van der Waals surface area contributed by atoms with Crippen molar-refractivity contribution in [2.45, 2.75) is 25.7 Å². The van der Waals surface area contributed by atoms with Crippen molar-refractivity contribution < 1.29 is 14.3 Å². The van der Waals surface area contributed by atoms with E-state index in [0.717, 1.165) is 31.7 Å². The first-order valence-electron chi connectivity index (χ1n) is 8.28. The van der Waals surface area contributed by atoms with Gasteiger partial charge in [0, 0.05) is 32.4 Å². The molecule has 1 aromatic heterocycles. The zero-order valence-corrected chi connectivity index (χ0v) is 13.5. The van der Waals surface area contributed by atoms with Crippen molar-refractivity contribution >= 4 is 17.7 Å². The van der Waals surface area contributed by atoms with Crippen molar-refractivity contribution in [3.8, 4) is 0 Å². The molecule has 2 fully saturated rings. The molecule has 0 bridgehead atoms. The number of hydrogen-bond donors (Lipinski definition) is 0. The lowest BCUT2D eigenvalue weighted by Gasteiger charge is -2.31. The number of carbonyl (C=O) groups is 2. The van der Waals surface area contributed by atoms with Crippen molar-refractivity contribution in [3.63, 3.8) is 0 Å². The molecule has 1 amide bonds. The molecule has 0 N–H and O–H groups in total. The Bertz CT molecular complexity index is 576. The van der Waals surface area contributed by atoms with Crippen molar-refractivity contribution in [1.82, 2.24) is 9.88 Å². The third kappa shape index (κ3) is 3.30. The maximum Gasteiger partial charge on any atom is 0.308 e. The Labute approximate surface area is 136 Å². The summed E-state index contributed by atoms with van der Waals surface area (Å²) in [5, 5.41) is 0. The molecule has 3 rings (SSSR count). The first-order valence-corrected chi connectivity index (χ1v) is 8.28. The molecule has 0 radical (unpaired) electrons. The Morgan fingerprint density at radius 3 is 2.52 bits per heavy atom. The highest BCUT2D eigenvalue weighted by molar-refractivity contribution is 5.99. The van der Waals surface area contributed by atoms with Crippen LogP contribution in [0.4, 0.5) is 5.82 Å². The fraction of sp³-hybridized carbons (Fsp3) is 0.588. The Morgan fingerprint density at radius 2 is 1.87 bits per heavy atom. The number of piperidine rings is 1. The number of anilines is 1. The van der Waals surface area contributed by atoms with Gasteiger partial charge in [-0.15, -0.1) is 0 Å². The molecule has 2 aliphatic rings. The van der Waals surface area contributed by atoms with E-state index < -0.39 is 0 Å². The number of nitrogens with zero attached hydrogens (tertiary/aromatic N) is 3. The number of esters is 1. The van der Waals surface area contributed by atoms with Crippen LogP contribution in [0.25, 0.3) is 0 Å². The monoisotopic (exact) mass is 317 g/mol. The molecule has 0 aliphatic carbocycles. The number of hydrogen-bond acceptors (Lipinski definition) is 5. The SMILES string of the molecule is COC(=O)C1CCN(C(=O)c2cccnc2N2CCCC2)CC1. The summed E-state index contributed by atoms with van der Waals surface area (Å²) in [4.78, 5) is 32.9. The summed E-state index contributed by atoms with van der Waals surface area (Å²) in [7, 11) is 1.41. The number of rotatable bonds is 3. The van der Waals surface area contributed by atoms with E-state index in [1.165, 1.54) is 7.11 Å². The Kier molecular flexibility index (Phi) is 4.79. The normalized spacial score (nSPS) is 19.0. The summed E-state index contributed by atoms with van der Waals surface area (Å²) in [5.41, 5.74) is 0.672. The van der Waals surface area contributed by atoms with Crippen LogP contribution in [0, 0.1) is 5.92 Å². The van der Waals surface area contributed by atoms with Crippen molar-refractivity contribution in [2.24, 2.45) is 5.92 Å². The van der Waals surface area contributed by atoms with Crippen LogP contribution in [0.15, 0.2) is 18.3 Å². The van der Waals surface area contributed by atoms with Gasteiger partial charge in [-0.3, -0.25) is 9.59 Å². The molecule has 6 nitrogen and oxygen atoms in total. The third-order valence-electron chi connectivity index (χ3n) is 4.74. The van der Waals surface area contributed by atoms with Crippen molar-refractivity contribution in [1.29, 1.82) is 0 Å². The lowest BCUT2D eigenvalue weighted by molar-refractivity contribution is -0.146. The van der Waals surface area contributed by atoms with Gasteiger partial charge < -0.3 is 14.5 Å². The minimum Gasteiger partial charge on any atom is -0.469 e. The van der Waals surface area contributed by atoms with E-state index in [1.54, 1.807) is 6.20 Å². The number of pyridine rings is 1. The van der Waals surface area contributed by atoms with Gasteiger partial charge in [-0.25, -0.2) is 4.98 Å². The fourth-order valence-corrected chi connectivity index (χ4v) is 3.40. The second-order valence-corrected chi connectivity index (χ2v) is 6.16.